The van der Waals surface area contributed by atoms with Crippen molar-refractivity contribution in [3.63, 3.8) is 0 Å². The Morgan fingerprint density at radius 2 is 1.83 bits per heavy atom. The number of alkyl halides is 3. The van der Waals surface area contributed by atoms with Gasteiger partial charge in [-0.2, -0.15) is 13.2 Å². The number of nitrogens with one attached hydrogen (secondary N) is 3. The lowest BCUT2D eigenvalue weighted by atomic mass is 10.0. The average molecular weight is 577 g/mol. The molecule has 12 nitrogen and oxygen atoms in total. The number of aliphatic carboxylic acids is 1. The number of aromatic amines is 1. The van der Waals surface area contributed by atoms with E-state index in [0.717, 1.165) is 10.2 Å². The molecule has 6 N–H and O–H groups in total. The number of carbonyl (C=O) groups is 1. The number of benzene rings is 2. The third-order valence-corrected chi connectivity index (χ3v) is 5.22. The number of hydrogen-bond donors (Lipinski definition) is 5. The SMILES string of the molecule is CCOc1cc(C)cc(C(Nc2ccc(C(=N)N)cc2)c2nn(-c3ncccn3)c(=O)[nH]2)c1F.O=C(O)C(F)(F)F. The summed E-state index contributed by atoms with van der Waals surface area (Å²) in [6, 6.07) is 10.7. The summed E-state index contributed by atoms with van der Waals surface area (Å²) in [4.78, 5) is 32.3. The van der Waals surface area contributed by atoms with E-state index >= 15 is 4.39 Å². The molecule has 0 saturated carbocycles. The fourth-order valence-electron chi connectivity index (χ4n) is 3.45. The van der Waals surface area contributed by atoms with Crippen LogP contribution in [-0.2, 0) is 4.79 Å². The van der Waals surface area contributed by atoms with Gasteiger partial charge in [0.2, 0.25) is 0 Å². The molecule has 0 bridgehead atoms. The van der Waals surface area contributed by atoms with Gasteiger partial charge in [-0.05, 0) is 55.8 Å². The summed E-state index contributed by atoms with van der Waals surface area (Å²) < 4.78 is 53.7. The van der Waals surface area contributed by atoms with Crippen molar-refractivity contribution in [1.29, 1.82) is 5.41 Å². The number of carboxylic acids is 1. The minimum absolute atomic E-state index is 0.0693. The third kappa shape index (κ3) is 7.65. The minimum atomic E-state index is -5.08. The Labute approximate surface area is 229 Å². The second-order valence-corrected chi connectivity index (χ2v) is 8.25. The highest BCUT2D eigenvalue weighted by molar-refractivity contribution is 5.95. The molecule has 4 aromatic rings. The van der Waals surface area contributed by atoms with Gasteiger partial charge in [0, 0.05) is 29.2 Å². The maximum Gasteiger partial charge on any atom is 0.490 e. The molecule has 0 spiro atoms. The van der Waals surface area contributed by atoms with E-state index in [0.29, 0.717) is 17.9 Å². The molecule has 0 radical (unpaired) electrons. The number of aromatic nitrogens is 5. The van der Waals surface area contributed by atoms with Crippen LogP contribution in [0.3, 0.4) is 0 Å². The summed E-state index contributed by atoms with van der Waals surface area (Å²) in [5.41, 5.74) is 7.11. The predicted molar refractivity (Wildman–Crippen MR) is 139 cm³/mol. The lowest BCUT2D eigenvalue weighted by molar-refractivity contribution is -0.192. The van der Waals surface area contributed by atoms with Gasteiger partial charge in [-0.25, -0.2) is 23.9 Å². The first-order chi connectivity index (χ1) is 19.3. The Bertz CT molecular complexity index is 1570. The smallest absolute Gasteiger partial charge is 0.490 e. The molecule has 2 heterocycles. The van der Waals surface area contributed by atoms with Crippen molar-refractivity contribution in [3.05, 3.63) is 93.7 Å². The number of carboxylic acid groups (broad SMARTS) is 1. The van der Waals surface area contributed by atoms with Crippen LogP contribution in [0.1, 0.15) is 35.5 Å². The van der Waals surface area contributed by atoms with Crippen LogP contribution in [0.5, 0.6) is 5.75 Å². The van der Waals surface area contributed by atoms with Crippen molar-refractivity contribution in [2.45, 2.75) is 26.1 Å². The van der Waals surface area contributed by atoms with Crippen molar-refractivity contribution >= 4 is 17.5 Å². The standard InChI is InChI=1S/C23H23FN8O2.C2HF3O2/c1-3-34-17-12-13(2)11-16(18(17)24)19(29-15-7-5-14(6-8-15)20(25)26)21-30-23(33)32(31-21)22-27-9-4-10-28-22;3-2(4,5)1(6)7/h4-12,19,29H,3H2,1-2H3,(H3,25,26)(H,30,31,33);(H,6,7). The molecule has 2 aromatic heterocycles. The first-order valence-electron chi connectivity index (χ1n) is 11.7. The highest BCUT2D eigenvalue weighted by Gasteiger charge is 2.38. The molecule has 1 atom stereocenters. The van der Waals surface area contributed by atoms with Gasteiger partial charge in [0.1, 0.15) is 11.9 Å². The number of H-pyrrole nitrogens is 1. The molecule has 4 rings (SSSR count). The Morgan fingerprint density at radius 3 is 2.37 bits per heavy atom. The monoisotopic (exact) mass is 576 g/mol. The number of nitrogens with two attached hydrogens (primary N) is 1. The normalized spacial score (nSPS) is 11.7. The molecule has 41 heavy (non-hydrogen) atoms. The first kappa shape index (κ1) is 30.3. The summed E-state index contributed by atoms with van der Waals surface area (Å²) >= 11 is 0. The van der Waals surface area contributed by atoms with E-state index in [1.54, 1.807) is 49.4 Å². The number of rotatable bonds is 8. The number of anilines is 1. The van der Waals surface area contributed by atoms with E-state index in [2.05, 4.69) is 25.4 Å². The molecule has 216 valence electrons. The van der Waals surface area contributed by atoms with Crippen molar-refractivity contribution in [1.82, 2.24) is 24.7 Å². The number of halogens is 4. The van der Waals surface area contributed by atoms with Crippen LogP contribution in [0.15, 0.2) is 59.7 Å². The predicted octanol–water partition coefficient (Wildman–Crippen LogP) is 3.32. The van der Waals surface area contributed by atoms with Crippen LogP contribution in [0, 0.1) is 18.2 Å². The van der Waals surface area contributed by atoms with E-state index in [4.69, 9.17) is 25.8 Å². The summed E-state index contributed by atoms with van der Waals surface area (Å²) in [5, 5.41) is 22.3. The van der Waals surface area contributed by atoms with Crippen LogP contribution >= 0.6 is 0 Å². The number of aryl methyl sites for hydroxylation is 1. The zero-order valence-corrected chi connectivity index (χ0v) is 21.5. The summed E-state index contributed by atoms with van der Waals surface area (Å²) in [6.07, 6.45) is -2.10. The van der Waals surface area contributed by atoms with E-state index in [-0.39, 0.29) is 28.9 Å². The maximum atomic E-state index is 15.5. The second-order valence-electron chi connectivity index (χ2n) is 8.25. The highest BCUT2D eigenvalue weighted by atomic mass is 19.4. The Hall–Kier alpha value is -5.28. The molecule has 2 aromatic carbocycles. The van der Waals surface area contributed by atoms with Gasteiger partial charge >= 0.3 is 17.8 Å². The van der Waals surface area contributed by atoms with E-state index in [1.807, 2.05) is 6.92 Å². The molecule has 0 aliphatic carbocycles. The van der Waals surface area contributed by atoms with Crippen LogP contribution in [0.25, 0.3) is 5.95 Å². The van der Waals surface area contributed by atoms with Crippen molar-refractivity contribution in [2.24, 2.45) is 5.73 Å². The summed E-state index contributed by atoms with van der Waals surface area (Å²) in [6.45, 7) is 3.89. The average Bonchev–Trinajstić information content (AvgIpc) is 3.31. The molecular weight excluding hydrogens is 552 g/mol. The van der Waals surface area contributed by atoms with Gasteiger partial charge in [-0.1, -0.05) is 6.07 Å². The maximum absolute atomic E-state index is 15.5. The van der Waals surface area contributed by atoms with Crippen LogP contribution in [-0.4, -0.2) is 54.4 Å². The van der Waals surface area contributed by atoms with Gasteiger partial charge in [0.25, 0.3) is 5.95 Å². The zero-order chi connectivity index (χ0) is 30.3. The van der Waals surface area contributed by atoms with Crippen LogP contribution in [0.4, 0.5) is 23.2 Å². The van der Waals surface area contributed by atoms with E-state index in [9.17, 15) is 18.0 Å². The molecule has 16 heteroatoms. The van der Waals surface area contributed by atoms with Crippen molar-refractivity contribution in [3.8, 4) is 11.7 Å². The van der Waals surface area contributed by atoms with E-state index in [1.165, 1.54) is 12.4 Å². The van der Waals surface area contributed by atoms with Crippen molar-refractivity contribution in [2.75, 3.05) is 11.9 Å². The molecule has 1 unspecified atom stereocenters. The Morgan fingerprint density at radius 1 is 1.22 bits per heavy atom. The molecular formula is C25H24F4N8O4. The Balaban J connectivity index is 0.000000587. The van der Waals surface area contributed by atoms with Gasteiger partial charge < -0.3 is 20.9 Å². The van der Waals surface area contributed by atoms with Crippen molar-refractivity contribution < 1.29 is 32.2 Å². The van der Waals surface area contributed by atoms with Gasteiger partial charge in [-0.3, -0.25) is 10.4 Å². The molecule has 0 amide bonds. The topological polar surface area (TPSA) is 185 Å². The van der Waals surface area contributed by atoms with E-state index < -0.39 is 29.7 Å². The number of nitrogens with zero attached hydrogens (tertiary/aromatic N) is 4. The quantitative estimate of drug-likeness (QED) is 0.119. The lowest BCUT2D eigenvalue weighted by Gasteiger charge is -2.21. The fourth-order valence-corrected chi connectivity index (χ4v) is 3.45. The zero-order valence-electron chi connectivity index (χ0n) is 21.5. The molecule has 0 aliphatic heterocycles. The Kier molecular flexibility index (Phi) is 9.39. The van der Waals surface area contributed by atoms with Gasteiger partial charge in [0.05, 0.1) is 6.61 Å². The summed E-state index contributed by atoms with van der Waals surface area (Å²) in [5.74, 6) is -3.06. The van der Waals surface area contributed by atoms with Gasteiger partial charge in [0.15, 0.2) is 17.4 Å². The molecule has 0 fully saturated rings. The third-order valence-electron chi connectivity index (χ3n) is 5.22. The number of amidine groups is 1. The van der Waals surface area contributed by atoms with Crippen LogP contribution in [0.2, 0.25) is 0 Å². The first-order valence-corrected chi connectivity index (χ1v) is 11.7. The highest BCUT2D eigenvalue weighted by Crippen LogP contribution is 2.32. The van der Waals surface area contributed by atoms with Crippen LogP contribution < -0.4 is 21.5 Å². The number of nitrogen functional groups attached to an aromatic ring is 1. The largest absolute Gasteiger partial charge is 0.491 e. The molecule has 0 saturated heterocycles. The number of ether oxygens (including phenoxy) is 1. The number of hydrogen-bond acceptors (Lipinski definition) is 8. The fraction of sp³-hybridized carbons (Fsp3) is 0.200. The lowest BCUT2D eigenvalue weighted by Crippen LogP contribution is -2.21. The van der Waals surface area contributed by atoms with Gasteiger partial charge in [-0.15, -0.1) is 9.78 Å². The summed E-state index contributed by atoms with van der Waals surface area (Å²) in [7, 11) is 0. The minimum Gasteiger partial charge on any atom is -0.491 e. The molecule has 0 aliphatic rings. The second kappa shape index (κ2) is 12.7.